The van der Waals surface area contributed by atoms with Crippen molar-refractivity contribution < 1.29 is 9.13 Å². The normalized spacial score (nSPS) is 12.9. The predicted molar refractivity (Wildman–Crippen MR) is 73.0 cm³/mol. The van der Waals surface area contributed by atoms with Crippen molar-refractivity contribution in [2.24, 2.45) is 11.7 Å². The molecule has 0 spiro atoms. The van der Waals surface area contributed by atoms with E-state index in [0.29, 0.717) is 18.9 Å². The fourth-order valence-electron chi connectivity index (χ4n) is 1.72. The van der Waals surface area contributed by atoms with Crippen LogP contribution in [0.15, 0.2) is 24.3 Å². The van der Waals surface area contributed by atoms with Gasteiger partial charge in [0, 0.05) is 19.3 Å². The molecular weight excluding hydrogens is 229 g/mol. The van der Waals surface area contributed by atoms with Crippen molar-refractivity contribution in [2.75, 3.05) is 13.2 Å². The molecule has 1 rings (SSSR count). The Labute approximate surface area is 109 Å². The quantitative estimate of drug-likeness (QED) is 0.722. The molecule has 0 aliphatic heterocycles. The van der Waals surface area contributed by atoms with Gasteiger partial charge >= 0.3 is 0 Å². The van der Waals surface area contributed by atoms with Crippen molar-refractivity contribution in [3.05, 3.63) is 35.6 Å². The number of hydrogen-bond acceptors (Lipinski definition) is 2. The topological polar surface area (TPSA) is 35.2 Å². The lowest BCUT2D eigenvalue weighted by molar-refractivity contribution is 0.117. The third-order valence-corrected chi connectivity index (χ3v) is 2.86. The standard InChI is InChI=1S/C15H24FNO/c1-12(2)6-8-18-9-7-15(17)11-13-4-3-5-14(16)10-13/h3-5,10,12,15H,6-9,11,17H2,1-2H3. The number of ether oxygens (including phenoxy) is 1. The van der Waals surface area contributed by atoms with Crippen LogP contribution in [0.5, 0.6) is 0 Å². The number of rotatable bonds is 8. The van der Waals surface area contributed by atoms with Crippen LogP contribution in [0, 0.1) is 11.7 Å². The van der Waals surface area contributed by atoms with Crippen LogP contribution in [0.3, 0.4) is 0 Å². The summed E-state index contributed by atoms with van der Waals surface area (Å²) in [6, 6.07) is 6.65. The minimum Gasteiger partial charge on any atom is -0.381 e. The lowest BCUT2D eigenvalue weighted by atomic mass is 10.0. The smallest absolute Gasteiger partial charge is 0.123 e. The Kier molecular flexibility index (Phi) is 6.91. The Hall–Kier alpha value is -0.930. The molecule has 3 heteroatoms. The van der Waals surface area contributed by atoms with E-state index in [4.69, 9.17) is 10.5 Å². The van der Waals surface area contributed by atoms with E-state index in [1.54, 1.807) is 12.1 Å². The molecule has 0 aromatic heterocycles. The fourth-order valence-corrected chi connectivity index (χ4v) is 1.72. The average molecular weight is 253 g/mol. The molecule has 0 amide bonds. The summed E-state index contributed by atoms with van der Waals surface area (Å²) in [4.78, 5) is 0. The van der Waals surface area contributed by atoms with E-state index in [1.165, 1.54) is 6.07 Å². The highest BCUT2D eigenvalue weighted by Gasteiger charge is 2.05. The van der Waals surface area contributed by atoms with E-state index < -0.39 is 0 Å². The lowest BCUT2D eigenvalue weighted by Gasteiger charge is -2.12. The monoisotopic (exact) mass is 253 g/mol. The molecule has 1 aromatic rings. The summed E-state index contributed by atoms with van der Waals surface area (Å²) in [5, 5.41) is 0. The second kappa shape index (κ2) is 8.22. The second-order valence-electron chi connectivity index (χ2n) is 5.18. The van der Waals surface area contributed by atoms with Gasteiger partial charge in [0.25, 0.3) is 0 Å². The van der Waals surface area contributed by atoms with Crippen LogP contribution in [0.1, 0.15) is 32.3 Å². The van der Waals surface area contributed by atoms with Gasteiger partial charge in [0.15, 0.2) is 0 Å². The van der Waals surface area contributed by atoms with Crippen LogP contribution in [0.2, 0.25) is 0 Å². The predicted octanol–water partition coefficient (Wildman–Crippen LogP) is 3.15. The Bertz CT molecular complexity index is 341. The van der Waals surface area contributed by atoms with Gasteiger partial charge in [-0.3, -0.25) is 0 Å². The average Bonchev–Trinajstić information content (AvgIpc) is 2.28. The van der Waals surface area contributed by atoms with Gasteiger partial charge in [-0.05, 0) is 42.9 Å². The Morgan fingerprint density at radius 3 is 2.61 bits per heavy atom. The molecule has 2 nitrogen and oxygen atoms in total. The second-order valence-corrected chi connectivity index (χ2v) is 5.18. The van der Waals surface area contributed by atoms with Gasteiger partial charge < -0.3 is 10.5 Å². The van der Waals surface area contributed by atoms with E-state index in [9.17, 15) is 4.39 Å². The largest absolute Gasteiger partial charge is 0.381 e. The van der Waals surface area contributed by atoms with E-state index in [0.717, 1.165) is 25.0 Å². The van der Waals surface area contributed by atoms with Gasteiger partial charge in [-0.2, -0.15) is 0 Å². The molecule has 1 aromatic carbocycles. The van der Waals surface area contributed by atoms with Crippen LogP contribution in [-0.4, -0.2) is 19.3 Å². The number of benzene rings is 1. The van der Waals surface area contributed by atoms with E-state index in [1.807, 2.05) is 6.07 Å². The highest BCUT2D eigenvalue weighted by atomic mass is 19.1. The molecule has 0 aliphatic rings. The first-order chi connectivity index (χ1) is 8.58. The molecule has 0 saturated heterocycles. The van der Waals surface area contributed by atoms with Crippen LogP contribution < -0.4 is 5.73 Å². The maximum Gasteiger partial charge on any atom is 0.123 e. The first-order valence-electron chi connectivity index (χ1n) is 6.65. The van der Waals surface area contributed by atoms with Gasteiger partial charge in [0.05, 0.1) is 0 Å². The van der Waals surface area contributed by atoms with Gasteiger partial charge in [0.2, 0.25) is 0 Å². The Morgan fingerprint density at radius 1 is 1.22 bits per heavy atom. The van der Waals surface area contributed by atoms with Crippen LogP contribution in [0.4, 0.5) is 4.39 Å². The molecular formula is C15H24FNO. The maximum absolute atomic E-state index is 13.0. The van der Waals surface area contributed by atoms with E-state index in [2.05, 4.69) is 13.8 Å². The summed E-state index contributed by atoms with van der Waals surface area (Å²) in [7, 11) is 0. The molecule has 0 saturated carbocycles. The zero-order valence-electron chi connectivity index (χ0n) is 11.4. The molecule has 2 N–H and O–H groups in total. The zero-order valence-corrected chi connectivity index (χ0v) is 11.4. The lowest BCUT2D eigenvalue weighted by Crippen LogP contribution is -2.24. The van der Waals surface area contributed by atoms with Crippen molar-refractivity contribution in [3.8, 4) is 0 Å². The first-order valence-corrected chi connectivity index (χ1v) is 6.65. The maximum atomic E-state index is 13.0. The SMILES string of the molecule is CC(C)CCOCCC(N)Cc1cccc(F)c1. The number of hydrogen-bond donors (Lipinski definition) is 1. The van der Waals surface area contributed by atoms with Crippen molar-refractivity contribution >= 4 is 0 Å². The Morgan fingerprint density at radius 2 is 1.94 bits per heavy atom. The van der Waals surface area contributed by atoms with Gasteiger partial charge in [-0.25, -0.2) is 4.39 Å². The molecule has 18 heavy (non-hydrogen) atoms. The number of nitrogens with two attached hydrogens (primary N) is 1. The molecule has 0 bridgehead atoms. The van der Waals surface area contributed by atoms with Crippen molar-refractivity contribution in [1.29, 1.82) is 0 Å². The van der Waals surface area contributed by atoms with Crippen molar-refractivity contribution in [2.45, 2.75) is 39.2 Å². The zero-order chi connectivity index (χ0) is 13.4. The summed E-state index contributed by atoms with van der Waals surface area (Å²) in [5.41, 5.74) is 6.94. The number of halogens is 1. The van der Waals surface area contributed by atoms with E-state index >= 15 is 0 Å². The van der Waals surface area contributed by atoms with Crippen LogP contribution in [0.25, 0.3) is 0 Å². The molecule has 0 radical (unpaired) electrons. The minimum atomic E-state index is -0.201. The summed E-state index contributed by atoms with van der Waals surface area (Å²) < 4.78 is 18.5. The third kappa shape index (κ3) is 6.72. The highest BCUT2D eigenvalue weighted by molar-refractivity contribution is 5.17. The van der Waals surface area contributed by atoms with Crippen molar-refractivity contribution in [1.82, 2.24) is 0 Å². The minimum absolute atomic E-state index is 0.0332. The van der Waals surface area contributed by atoms with Crippen molar-refractivity contribution in [3.63, 3.8) is 0 Å². The highest BCUT2D eigenvalue weighted by Crippen LogP contribution is 2.07. The van der Waals surface area contributed by atoms with Crippen LogP contribution >= 0.6 is 0 Å². The Balaban J connectivity index is 2.16. The molecule has 0 aliphatic carbocycles. The molecule has 1 atom stereocenters. The molecule has 0 heterocycles. The molecule has 0 fully saturated rings. The van der Waals surface area contributed by atoms with Gasteiger partial charge in [-0.15, -0.1) is 0 Å². The third-order valence-electron chi connectivity index (χ3n) is 2.86. The fraction of sp³-hybridized carbons (Fsp3) is 0.600. The molecule has 1 unspecified atom stereocenters. The molecule has 102 valence electrons. The summed E-state index contributed by atoms with van der Waals surface area (Å²) in [6.07, 6.45) is 2.60. The van der Waals surface area contributed by atoms with Crippen LogP contribution in [-0.2, 0) is 11.2 Å². The van der Waals surface area contributed by atoms with E-state index in [-0.39, 0.29) is 11.9 Å². The first kappa shape index (κ1) is 15.1. The summed E-state index contributed by atoms with van der Waals surface area (Å²) >= 11 is 0. The van der Waals surface area contributed by atoms with Gasteiger partial charge in [-0.1, -0.05) is 26.0 Å². The summed E-state index contributed by atoms with van der Waals surface area (Å²) in [5.74, 6) is 0.471. The summed E-state index contributed by atoms with van der Waals surface area (Å²) in [6.45, 7) is 5.84. The van der Waals surface area contributed by atoms with Gasteiger partial charge in [0.1, 0.15) is 5.82 Å².